The maximum Gasteiger partial charge on any atom is 0.219 e. The van der Waals surface area contributed by atoms with Gasteiger partial charge in [-0.1, -0.05) is 0 Å². The van der Waals surface area contributed by atoms with Crippen LogP contribution in [0, 0.1) is 6.92 Å². The molecule has 0 amide bonds. The number of thiophene rings is 1. The van der Waals surface area contributed by atoms with Gasteiger partial charge in [-0.2, -0.15) is 0 Å². The molecule has 0 aliphatic carbocycles. The number of aromatic nitrogens is 5. The average molecular weight is 421 g/mol. The fraction of sp³-hybridized carbons (Fsp3) is 0.250. The Kier molecular flexibility index (Phi) is 4.64. The zero-order chi connectivity index (χ0) is 20.7. The summed E-state index contributed by atoms with van der Waals surface area (Å²) in [5, 5.41) is 0. The van der Waals surface area contributed by atoms with E-state index in [-0.39, 0.29) is 5.95 Å². The summed E-state index contributed by atoms with van der Waals surface area (Å²) in [5.74, 6) is 2.19. The van der Waals surface area contributed by atoms with E-state index < -0.39 is 0 Å². The molecule has 0 spiro atoms. The van der Waals surface area contributed by atoms with Crippen molar-refractivity contribution in [1.29, 1.82) is 0 Å². The first-order valence-corrected chi connectivity index (χ1v) is 10.4. The smallest absolute Gasteiger partial charge is 0.219 e. The largest absolute Gasteiger partial charge is 0.384 e. The van der Waals surface area contributed by atoms with E-state index in [0.29, 0.717) is 24.9 Å². The number of hydrogen-bond donors (Lipinski definition) is 2. The number of aryl methyl sites for hydroxylation is 1. The van der Waals surface area contributed by atoms with Crippen molar-refractivity contribution in [2.75, 3.05) is 42.7 Å². The lowest BCUT2D eigenvalue weighted by molar-refractivity contribution is 0.122. The van der Waals surface area contributed by atoms with Gasteiger partial charge in [-0.15, -0.1) is 11.3 Å². The molecule has 30 heavy (non-hydrogen) atoms. The van der Waals surface area contributed by atoms with Crippen LogP contribution in [0.15, 0.2) is 30.7 Å². The second kappa shape index (κ2) is 7.47. The Bertz CT molecular complexity index is 1200. The first kappa shape index (κ1) is 18.6. The molecule has 4 aromatic rings. The summed E-state index contributed by atoms with van der Waals surface area (Å²) in [6, 6.07) is 3.79. The van der Waals surface area contributed by atoms with Crippen molar-refractivity contribution in [2.24, 2.45) is 0 Å². The third kappa shape index (κ3) is 3.29. The predicted octanol–water partition coefficient (Wildman–Crippen LogP) is 2.52. The SMILES string of the molecule is Cc1c(-c2ccc(N)nc2)sc2c(N3CCOCC3)nc(-c3cnc(N)nc3)nc12. The Labute approximate surface area is 176 Å². The van der Waals surface area contributed by atoms with Gasteiger partial charge in [-0.3, -0.25) is 0 Å². The maximum atomic E-state index is 5.77. The van der Waals surface area contributed by atoms with Crippen LogP contribution in [0.25, 0.3) is 32.0 Å². The quantitative estimate of drug-likeness (QED) is 0.513. The Balaban J connectivity index is 1.72. The Morgan fingerprint density at radius 1 is 0.967 bits per heavy atom. The van der Waals surface area contributed by atoms with E-state index in [2.05, 4.69) is 26.8 Å². The summed E-state index contributed by atoms with van der Waals surface area (Å²) in [7, 11) is 0. The number of pyridine rings is 1. The summed E-state index contributed by atoms with van der Waals surface area (Å²) in [5.41, 5.74) is 15.1. The molecule has 152 valence electrons. The van der Waals surface area contributed by atoms with Gasteiger partial charge in [0, 0.05) is 42.1 Å². The molecular formula is C20H20N8OS. The lowest BCUT2D eigenvalue weighted by Crippen LogP contribution is -2.36. The number of nitrogen functional groups attached to an aromatic ring is 2. The van der Waals surface area contributed by atoms with Crippen LogP contribution in [0.4, 0.5) is 17.6 Å². The minimum Gasteiger partial charge on any atom is -0.384 e. The van der Waals surface area contributed by atoms with Crippen molar-refractivity contribution in [1.82, 2.24) is 24.9 Å². The zero-order valence-corrected chi connectivity index (χ0v) is 17.2. The fourth-order valence-corrected chi connectivity index (χ4v) is 4.71. The third-order valence-electron chi connectivity index (χ3n) is 5.04. The first-order valence-electron chi connectivity index (χ1n) is 9.54. The molecule has 10 heteroatoms. The van der Waals surface area contributed by atoms with Crippen LogP contribution < -0.4 is 16.4 Å². The van der Waals surface area contributed by atoms with Crippen LogP contribution >= 0.6 is 11.3 Å². The minimum atomic E-state index is 0.220. The van der Waals surface area contributed by atoms with Crippen molar-refractivity contribution in [3.05, 3.63) is 36.3 Å². The van der Waals surface area contributed by atoms with Crippen LogP contribution in [-0.2, 0) is 4.74 Å². The maximum absolute atomic E-state index is 5.77. The van der Waals surface area contributed by atoms with Gasteiger partial charge in [0.15, 0.2) is 11.6 Å². The second-order valence-corrected chi connectivity index (χ2v) is 8.03. The topological polar surface area (TPSA) is 129 Å². The molecule has 0 aromatic carbocycles. The van der Waals surface area contributed by atoms with E-state index in [1.54, 1.807) is 29.9 Å². The van der Waals surface area contributed by atoms with Crippen LogP contribution in [0.3, 0.4) is 0 Å². The molecule has 1 saturated heterocycles. The van der Waals surface area contributed by atoms with Gasteiger partial charge in [0.25, 0.3) is 0 Å². The number of fused-ring (bicyclic) bond motifs is 1. The number of nitrogens with two attached hydrogens (primary N) is 2. The van der Waals surface area contributed by atoms with E-state index in [1.807, 2.05) is 12.1 Å². The second-order valence-electron chi connectivity index (χ2n) is 7.01. The normalized spacial score (nSPS) is 14.4. The minimum absolute atomic E-state index is 0.220. The Morgan fingerprint density at radius 3 is 2.40 bits per heavy atom. The lowest BCUT2D eigenvalue weighted by Gasteiger charge is -2.28. The van der Waals surface area contributed by atoms with Gasteiger partial charge in [0.05, 0.1) is 29.0 Å². The number of morpholine rings is 1. The molecule has 4 aromatic heterocycles. The lowest BCUT2D eigenvalue weighted by atomic mass is 10.1. The van der Waals surface area contributed by atoms with Crippen molar-refractivity contribution >= 4 is 39.1 Å². The van der Waals surface area contributed by atoms with E-state index >= 15 is 0 Å². The van der Waals surface area contributed by atoms with Gasteiger partial charge < -0.3 is 21.1 Å². The Morgan fingerprint density at radius 2 is 1.70 bits per heavy atom. The van der Waals surface area contributed by atoms with Gasteiger partial charge in [0.2, 0.25) is 5.95 Å². The molecule has 1 aliphatic heterocycles. The third-order valence-corrected chi connectivity index (χ3v) is 6.36. The van der Waals surface area contributed by atoms with Crippen LogP contribution in [0.5, 0.6) is 0 Å². The molecule has 9 nitrogen and oxygen atoms in total. The average Bonchev–Trinajstić information content (AvgIpc) is 3.11. The monoisotopic (exact) mass is 420 g/mol. The van der Waals surface area contributed by atoms with Crippen LogP contribution in [0.1, 0.15) is 5.56 Å². The van der Waals surface area contributed by atoms with Crippen molar-refractivity contribution in [2.45, 2.75) is 6.92 Å². The molecule has 4 N–H and O–H groups in total. The number of rotatable bonds is 3. The zero-order valence-electron chi connectivity index (χ0n) is 16.4. The summed E-state index contributed by atoms with van der Waals surface area (Å²) < 4.78 is 6.58. The molecule has 0 bridgehead atoms. The summed E-state index contributed by atoms with van der Waals surface area (Å²) in [6.45, 7) is 4.97. The van der Waals surface area contributed by atoms with E-state index in [0.717, 1.165) is 50.7 Å². The molecular weight excluding hydrogens is 400 g/mol. The van der Waals surface area contributed by atoms with Crippen LogP contribution in [-0.4, -0.2) is 51.2 Å². The highest BCUT2D eigenvalue weighted by Crippen LogP contribution is 2.42. The molecule has 5 heterocycles. The number of anilines is 3. The summed E-state index contributed by atoms with van der Waals surface area (Å²) in [6.07, 6.45) is 5.10. The molecule has 0 unspecified atom stereocenters. The number of ether oxygens (including phenoxy) is 1. The molecule has 0 saturated carbocycles. The molecule has 0 radical (unpaired) electrons. The van der Waals surface area contributed by atoms with Gasteiger partial charge in [-0.25, -0.2) is 24.9 Å². The Hall–Kier alpha value is -3.37. The molecule has 5 rings (SSSR count). The van der Waals surface area contributed by atoms with Crippen molar-refractivity contribution in [3.8, 4) is 21.8 Å². The molecule has 1 aliphatic rings. The molecule has 1 fully saturated rings. The van der Waals surface area contributed by atoms with E-state index in [9.17, 15) is 0 Å². The van der Waals surface area contributed by atoms with Gasteiger partial charge in [0.1, 0.15) is 5.82 Å². The summed E-state index contributed by atoms with van der Waals surface area (Å²) >= 11 is 1.67. The first-order chi connectivity index (χ1) is 14.6. The van der Waals surface area contributed by atoms with Gasteiger partial charge >= 0.3 is 0 Å². The standard InChI is InChI=1S/C20H20N8OS/c1-11-15-17(30-16(11)12-2-3-14(21)23-8-12)19(28-4-6-29-7-5-28)27-18(26-15)13-9-24-20(22)25-10-13/h2-3,8-10H,4-7H2,1H3,(H2,21,23)(H2,22,24,25). The van der Waals surface area contributed by atoms with Crippen molar-refractivity contribution < 1.29 is 4.74 Å². The van der Waals surface area contributed by atoms with Crippen molar-refractivity contribution in [3.63, 3.8) is 0 Å². The highest BCUT2D eigenvalue weighted by molar-refractivity contribution is 7.23. The molecule has 0 atom stereocenters. The number of nitrogens with zero attached hydrogens (tertiary/aromatic N) is 6. The van der Waals surface area contributed by atoms with Crippen LogP contribution in [0.2, 0.25) is 0 Å². The predicted molar refractivity (Wildman–Crippen MR) is 118 cm³/mol. The number of hydrogen-bond acceptors (Lipinski definition) is 10. The highest BCUT2D eigenvalue weighted by atomic mass is 32.1. The summed E-state index contributed by atoms with van der Waals surface area (Å²) in [4.78, 5) is 25.6. The highest BCUT2D eigenvalue weighted by Gasteiger charge is 2.23. The van der Waals surface area contributed by atoms with Gasteiger partial charge in [-0.05, 0) is 24.6 Å². The van der Waals surface area contributed by atoms with E-state index in [4.69, 9.17) is 26.2 Å². The van der Waals surface area contributed by atoms with E-state index in [1.165, 1.54) is 0 Å². The fourth-order valence-electron chi connectivity index (χ4n) is 3.46.